The molecular weight excluding hydrogens is 388 g/mol. The summed E-state index contributed by atoms with van der Waals surface area (Å²) in [5.74, 6) is -3.33. The van der Waals surface area contributed by atoms with E-state index >= 15 is 8.78 Å². The third kappa shape index (κ3) is 3.59. The first kappa shape index (κ1) is 21.1. The van der Waals surface area contributed by atoms with Gasteiger partial charge in [0.2, 0.25) is 0 Å². The maximum atomic E-state index is 15.1. The fraction of sp³-hybridized carbons (Fsp3) is 0.462. The molecule has 0 heterocycles. The Morgan fingerprint density at radius 2 is 1.53 bits per heavy atom. The zero-order chi connectivity index (χ0) is 21.4. The molecule has 0 bridgehead atoms. The van der Waals surface area contributed by atoms with Gasteiger partial charge in [-0.1, -0.05) is 31.6 Å². The van der Waals surface area contributed by atoms with E-state index in [0.29, 0.717) is 47.4 Å². The Morgan fingerprint density at radius 3 is 2.17 bits per heavy atom. The predicted octanol–water partition coefficient (Wildman–Crippen LogP) is 8.01. The Balaban J connectivity index is 1.66. The molecule has 0 radical (unpaired) electrons. The molecule has 0 saturated heterocycles. The zero-order valence-corrected chi connectivity index (χ0v) is 17.5. The summed E-state index contributed by atoms with van der Waals surface area (Å²) in [6, 6.07) is 3.33. The van der Waals surface area contributed by atoms with Gasteiger partial charge in [-0.25, -0.2) is 17.6 Å². The molecule has 1 fully saturated rings. The molecule has 0 unspecified atom stereocenters. The first-order valence-corrected chi connectivity index (χ1v) is 11.1. The van der Waals surface area contributed by atoms with E-state index in [1.807, 2.05) is 13.0 Å². The number of hydrogen-bond acceptors (Lipinski definition) is 0. The number of benzene rings is 2. The van der Waals surface area contributed by atoms with Gasteiger partial charge in [-0.2, -0.15) is 0 Å². The maximum Gasteiger partial charge on any atom is 0.167 e. The van der Waals surface area contributed by atoms with Crippen LogP contribution < -0.4 is 0 Å². The van der Waals surface area contributed by atoms with Crippen LogP contribution in [-0.2, 0) is 12.8 Å². The lowest BCUT2D eigenvalue weighted by atomic mass is 9.76. The fourth-order valence-corrected chi connectivity index (χ4v) is 5.33. The van der Waals surface area contributed by atoms with E-state index in [1.54, 1.807) is 12.1 Å². The van der Waals surface area contributed by atoms with Gasteiger partial charge < -0.3 is 0 Å². The van der Waals surface area contributed by atoms with Crippen LogP contribution in [0.1, 0.15) is 80.0 Å². The van der Waals surface area contributed by atoms with Gasteiger partial charge in [0.15, 0.2) is 23.3 Å². The van der Waals surface area contributed by atoms with Crippen molar-refractivity contribution in [3.8, 4) is 11.1 Å². The second-order valence-corrected chi connectivity index (χ2v) is 8.84. The molecule has 0 nitrogen and oxygen atoms in total. The Morgan fingerprint density at radius 1 is 0.900 bits per heavy atom. The fourth-order valence-electron chi connectivity index (χ4n) is 5.33. The van der Waals surface area contributed by atoms with Crippen LogP contribution >= 0.6 is 0 Å². The Bertz CT molecular complexity index is 968. The zero-order valence-electron chi connectivity index (χ0n) is 17.5. The van der Waals surface area contributed by atoms with Gasteiger partial charge in [-0.05, 0) is 85.5 Å². The summed E-state index contributed by atoms with van der Waals surface area (Å²) in [5.41, 5.74) is 1.63. The lowest BCUT2D eigenvalue weighted by Gasteiger charge is -2.29. The summed E-state index contributed by atoms with van der Waals surface area (Å²) in [5, 5.41) is 0. The van der Waals surface area contributed by atoms with Crippen molar-refractivity contribution in [2.45, 2.75) is 70.6 Å². The van der Waals surface area contributed by atoms with Crippen molar-refractivity contribution in [2.24, 2.45) is 5.92 Å². The van der Waals surface area contributed by atoms with Gasteiger partial charge in [0.1, 0.15) is 0 Å². The van der Waals surface area contributed by atoms with Gasteiger partial charge in [-0.15, -0.1) is 6.58 Å². The van der Waals surface area contributed by atoms with E-state index < -0.39 is 23.3 Å². The predicted molar refractivity (Wildman–Crippen MR) is 113 cm³/mol. The summed E-state index contributed by atoms with van der Waals surface area (Å²) in [7, 11) is 0. The van der Waals surface area contributed by atoms with E-state index in [4.69, 9.17) is 0 Å². The van der Waals surface area contributed by atoms with Gasteiger partial charge >= 0.3 is 0 Å². The van der Waals surface area contributed by atoms with Crippen LogP contribution in [0.4, 0.5) is 17.6 Å². The number of hydrogen-bond donors (Lipinski definition) is 0. The molecule has 4 rings (SSSR count). The second-order valence-electron chi connectivity index (χ2n) is 8.84. The van der Waals surface area contributed by atoms with Crippen LogP contribution in [0.2, 0.25) is 0 Å². The van der Waals surface area contributed by atoms with Crippen LogP contribution in [0.5, 0.6) is 0 Å². The number of halogens is 4. The summed E-state index contributed by atoms with van der Waals surface area (Å²) < 4.78 is 59.5. The van der Waals surface area contributed by atoms with Crippen molar-refractivity contribution in [1.29, 1.82) is 0 Å². The van der Waals surface area contributed by atoms with Crippen LogP contribution in [0.15, 0.2) is 24.8 Å². The SMILES string of the molecule is C=CCCC1CCC(c2cc3c(c(F)c2F)-c2c(cc(CCC)c(F)c2F)C3)CC1. The molecule has 0 aromatic heterocycles. The van der Waals surface area contributed by atoms with Gasteiger partial charge in [0, 0.05) is 11.1 Å². The molecule has 4 heteroatoms. The second kappa shape index (κ2) is 8.56. The van der Waals surface area contributed by atoms with Gasteiger partial charge in [-0.3, -0.25) is 0 Å². The standard InChI is InChI=1S/C26H28F4/c1-3-5-7-15-8-10-16(11-9-15)20-14-19-13-18-12-17(6-4-2)23(27)25(29)21(18)22(19)26(30)24(20)28/h3,12,14-16H,1,4-11,13H2,2H3. The normalized spacial score (nSPS) is 20.2. The van der Waals surface area contributed by atoms with Crippen molar-refractivity contribution in [3.05, 3.63) is 70.3 Å². The minimum Gasteiger partial charge on any atom is -0.203 e. The highest BCUT2D eigenvalue weighted by Crippen LogP contribution is 2.46. The molecule has 30 heavy (non-hydrogen) atoms. The average Bonchev–Trinajstić information content (AvgIpc) is 3.12. The van der Waals surface area contributed by atoms with E-state index in [-0.39, 0.29) is 17.0 Å². The highest BCUT2D eigenvalue weighted by Gasteiger charge is 2.34. The summed E-state index contributed by atoms with van der Waals surface area (Å²) in [4.78, 5) is 0. The Hall–Kier alpha value is -2.10. The monoisotopic (exact) mass is 416 g/mol. The van der Waals surface area contributed by atoms with E-state index in [9.17, 15) is 8.78 Å². The molecule has 0 amide bonds. The number of aryl methyl sites for hydroxylation is 1. The summed E-state index contributed by atoms with van der Waals surface area (Å²) in [6.07, 6.45) is 9.07. The molecule has 2 aromatic carbocycles. The number of rotatable bonds is 6. The molecule has 2 aromatic rings. The van der Waals surface area contributed by atoms with E-state index in [1.165, 1.54) is 0 Å². The molecule has 1 saturated carbocycles. The largest absolute Gasteiger partial charge is 0.203 e. The lowest BCUT2D eigenvalue weighted by molar-refractivity contribution is 0.306. The van der Waals surface area contributed by atoms with Crippen molar-refractivity contribution < 1.29 is 17.6 Å². The van der Waals surface area contributed by atoms with Crippen LogP contribution in [0, 0.1) is 29.2 Å². The molecule has 0 spiro atoms. The smallest absolute Gasteiger partial charge is 0.167 e. The van der Waals surface area contributed by atoms with E-state index in [2.05, 4.69) is 6.58 Å². The van der Waals surface area contributed by atoms with Crippen molar-refractivity contribution >= 4 is 0 Å². The first-order valence-electron chi connectivity index (χ1n) is 11.1. The first-order chi connectivity index (χ1) is 14.5. The van der Waals surface area contributed by atoms with Crippen molar-refractivity contribution in [3.63, 3.8) is 0 Å². The van der Waals surface area contributed by atoms with Crippen LogP contribution in [-0.4, -0.2) is 0 Å². The number of fused-ring (bicyclic) bond motifs is 3. The molecule has 2 aliphatic rings. The Kier molecular flexibility index (Phi) is 6.04. The van der Waals surface area contributed by atoms with E-state index in [0.717, 1.165) is 38.5 Å². The average molecular weight is 417 g/mol. The highest BCUT2D eigenvalue weighted by atomic mass is 19.2. The van der Waals surface area contributed by atoms with Crippen LogP contribution in [0.25, 0.3) is 11.1 Å². The Labute approximate surface area is 176 Å². The summed E-state index contributed by atoms with van der Waals surface area (Å²) >= 11 is 0. The molecule has 0 aliphatic heterocycles. The molecule has 2 aliphatic carbocycles. The van der Waals surface area contributed by atoms with Gasteiger partial charge in [0.05, 0.1) is 0 Å². The van der Waals surface area contributed by atoms with Crippen LogP contribution in [0.3, 0.4) is 0 Å². The summed E-state index contributed by atoms with van der Waals surface area (Å²) in [6.45, 7) is 5.66. The molecule has 0 atom stereocenters. The third-order valence-corrected chi connectivity index (χ3v) is 6.90. The quantitative estimate of drug-likeness (QED) is 0.282. The van der Waals surface area contributed by atoms with Crippen molar-refractivity contribution in [1.82, 2.24) is 0 Å². The molecular formula is C26H28F4. The third-order valence-electron chi connectivity index (χ3n) is 6.90. The number of allylic oxidation sites excluding steroid dienone is 1. The molecule has 160 valence electrons. The minimum absolute atomic E-state index is 0.0225. The van der Waals surface area contributed by atoms with Crippen molar-refractivity contribution in [2.75, 3.05) is 0 Å². The lowest BCUT2D eigenvalue weighted by Crippen LogP contribution is -2.15. The highest BCUT2D eigenvalue weighted by molar-refractivity contribution is 5.79. The minimum atomic E-state index is -1.05. The topological polar surface area (TPSA) is 0 Å². The molecule has 0 N–H and O–H groups in total. The maximum absolute atomic E-state index is 15.1. The van der Waals surface area contributed by atoms with Gasteiger partial charge in [0.25, 0.3) is 0 Å².